The van der Waals surface area contributed by atoms with Crippen LogP contribution in [0.1, 0.15) is 18.4 Å². The van der Waals surface area contributed by atoms with E-state index in [2.05, 4.69) is 15.0 Å². The Kier molecular flexibility index (Phi) is 3.88. The molecule has 1 saturated heterocycles. The summed E-state index contributed by atoms with van der Waals surface area (Å²) < 4.78 is 19.4. The van der Waals surface area contributed by atoms with E-state index in [0.717, 1.165) is 25.9 Å². The number of halogens is 2. The van der Waals surface area contributed by atoms with Crippen LogP contribution in [0.2, 0.25) is 5.28 Å². The van der Waals surface area contributed by atoms with Crippen LogP contribution in [-0.4, -0.2) is 28.0 Å². The van der Waals surface area contributed by atoms with Crippen LogP contribution in [-0.2, 0) is 0 Å². The maximum atomic E-state index is 13.9. The van der Waals surface area contributed by atoms with Gasteiger partial charge in [0.2, 0.25) is 11.2 Å². The van der Waals surface area contributed by atoms with E-state index in [1.54, 1.807) is 19.1 Å². The minimum atomic E-state index is -0.434. The standard InChI is InChI=1S/C14H14ClFN4O/c1-9-5-4-6-10(11(9)16)21-14-18-12(15)17-13(19-14)20-7-2-3-8-20/h4-6H,2-3,7-8H2,1H3. The third-order valence-corrected chi connectivity index (χ3v) is 3.49. The summed E-state index contributed by atoms with van der Waals surface area (Å²) in [6.07, 6.45) is 2.18. The monoisotopic (exact) mass is 308 g/mol. The molecule has 0 bridgehead atoms. The summed E-state index contributed by atoms with van der Waals surface area (Å²) in [4.78, 5) is 14.2. The third kappa shape index (κ3) is 3.05. The number of aromatic nitrogens is 3. The number of aryl methyl sites for hydroxylation is 1. The quantitative estimate of drug-likeness (QED) is 0.870. The molecule has 0 amide bonds. The Bertz CT molecular complexity index is 661. The molecular formula is C14H14ClFN4O. The lowest BCUT2D eigenvalue weighted by molar-refractivity contribution is 0.407. The number of benzene rings is 1. The van der Waals surface area contributed by atoms with Gasteiger partial charge in [-0.2, -0.15) is 15.0 Å². The smallest absolute Gasteiger partial charge is 0.328 e. The Morgan fingerprint density at radius 3 is 2.71 bits per heavy atom. The van der Waals surface area contributed by atoms with Crippen molar-refractivity contribution in [2.45, 2.75) is 19.8 Å². The lowest BCUT2D eigenvalue weighted by Crippen LogP contribution is -2.21. The Balaban J connectivity index is 1.89. The van der Waals surface area contributed by atoms with Gasteiger partial charge in [0.05, 0.1) is 0 Å². The van der Waals surface area contributed by atoms with Gasteiger partial charge >= 0.3 is 6.01 Å². The Labute approximate surface area is 126 Å². The molecule has 0 spiro atoms. The molecule has 0 atom stereocenters. The molecule has 0 aliphatic carbocycles. The molecule has 0 saturated carbocycles. The summed E-state index contributed by atoms with van der Waals surface area (Å²) in [5.41, 5.74) is 0.493. The number of ether oxygens (including phenoxy) is 1. The van der Waals surface area contributed by atoms with E-state index < -0.39 is 5.82 Å². The van der Waals surface area contributed by atoms with Crippen molar-refractivity contribution in [3.8, 4) is 11.8 Å². The van der Waals surface area contributed by atoms with Crippen molar-refractivity contribution < 1.29 is 9.13 Å². The van der Waals surface area contributed by atoms with E-state index in [4.69, 9.17) is 16.3 Å². The lowest BCUT2D eigenvalue weighted by atomic mass is 10.2. The van der Waals surface area contributed by atoms with Crippen molar-refractivity contribution in [3.05, 3.63) is 34.9 Å². The van der Waals surface area contributed by atoms with Gasteiger partial charge in [-0.25, -0.2) is 4.39 Å². The summed E-state index contributed by atoms with van der Waals surface area (Å²) in [6.45, 7) is 3.41. The number of hydrogen-bond acceptors (Lipinski definition) is 5. The molecule has 2 heterocycles. The van der Waals surface area contributed by atoms with Gasteiger partial charge in [0.15, 0.2) is 11.6 Å². The van der Waals surface area contributed by atoms with Gasteiger partial charge in [-0.15, -0.1) is 0 Å². The molecule has 5 nitrogen and oxygen atoms in total. The van der Waals surface area contributed by atoms with Crippen LogP contribution in [0.3, 0.4) is 0 Å². The number of nitrogens with zero attached hydrogens (tertiary/aromatic N) is 4. The molecule has 1 aliphatic rings. The molecule has 1 aliphatic heterocycles. The maximum absolute atomic E-state index is 13.9. The lowest BCUT2D eigenvalue weighted by Gasteiger charge is -2.15. The van der Waals surface area contributed by atoms with E-state index in [1.807, 2.05) is 4.90 Å². The van der Waals surface area contributed by atoms with Crippen molar-refractivity contribution >= 4 is 17.5 Å². The Morgan fingerprint density at radius 1 is 1.19 bits per heavy atom. The Morgan fingerprint density at radius 2 is 1.95 bits per heavy atom. The van der Waals surface area contributed by atoms with Crippen molar-refractivity contribution in [2.75, 3.05) is 18.0 Å². The van der Waals surface area contributed by atoms with Crippen LogP contribution < -0.4 is 9.64 Å². The van der Waals surface area contributed by atoms with E-state index >= 15 is 0 Å². The summed E-state index contributed by atoms with van der Waals surface area (Å²) in [5.74, 6) is 0.108. The highest BCUT2D eigenvalue weighted by Gasteiger charge is 2.18. The molecule has 1 fully saturated rings. The third-order valence-electron chi connectivity index (χ3n) is 3.32. The van der Waals surface area contributed by atoms with Gasteiger partial charge in [0.25, 0.3) is 0 Å². The summed E-state index contributed by atoms with van der Waals surface area (Å²) in [5, 5.41) is 0.0370. The number of anilines is 1. The van der Waals surface area contributed by atoms with Crippen molar-refractivity contribution in [1.29, 1.82) is 0 Å². The van der Waals surface area contributed by atoms with Crippen molar-refractivity contribution in [2.24, 2.45) is 0 Å². The van der Waals surface area contributed by atoms with Crippen LogP contribution in [0.4, 0.5) is 10.3 Å². The normalized spacial score (nSPS) is 14.5. The van der Waals surface area contributed by atoms with E-state index in [9.17, 15) is 4.39 Å². The van der Waals surface area contributed by atoms with Gasteiger partial charge in [-0.3, -0.25) is 0 Å². The fraction of sp³-hybridized carbons (Fsp3) is 0.357. The average molecular weight is 309 g/mol. The van der Waals surface area contributed by atoms with E-state index in [0.29, 0.717) is 11.5 Å². The number of hydrogen-bond donors (Lipinski definition) is 0. The minimum absolute atomic E-state index is 0.00130. The molecule has 2 aromatic rings. The summed E-state index contributed by atoms with van der Waals surface area (Å²) in [7, 11) is 0. The molecule has 0 unspecified atom stereocenters. The summed E-state index contributed by atoms with van der Waals surface area (Å²) in [6, 6.07) is 4.90. The number of rotatable bonds is 3. The van der Waals surface area contributed by atoms with Crippen LogP contribution >= 0.6 is 11.6 Å². The van der Waals surface area contributed by atoms with Crippen LogP contribution in [0.15, 0.2) is 18.2 Å². The second-order valence-corrected chi connectivity index (χ2v) is 5.21. The van der Waals surface area contributed by atoms with Crippen molar-refractivity contribution in [3.63, 3.8) is 0 Å². The highest BCUT2D eigenvalue weighted by atomic mass is 35.5. The zero-order valence-corrected chi connectivity index (χ0v) is 12.3. The predicted molar refractivity (Wildman–Crippen MR) is 77.5 cm³/mol. The molecule has 21 heavy (non-hydrogen) atoms. The van der Waals surface area contributed by atoms with Gasteiger partial charge in [-0.1, -0.05) is 12.1 Å². The first-order valence-electron chi connectivity index (χ1n) is 6.73. The highest BCUT2D eigenvalue weighted by Crippen LogP contribution is 2.26. The fourth-order valence-corrected chi connectivity index (χ4v) is 2.37. The second kappa shape index (κ2) is 5.81. The molecular weight excluding hydrogens is 295 g/mol. The molecule has 110 valence electrons. The van der Waals surface area contributed by atoms with Crippen molar-refractivity contribution in [1.82, 2.24) is 15.0 Å². The van der Waals surface area contributed by atoms with Crippen LogP contribution in [0.5, 0.6) is 11.8 Å². The average Bonchev–Trinajstić information content (AvgIpc) is 2.97. The van der Waals surface area contributed by atoms with Crippen LogP contribution in [0.25, 0.3) is 0 Å². The van der Waals surface area contributed by atoms with Crippen LogP contribution in [0, 0.1) is 12.7 Å². The first-order chi connectivity index (χ1) is 10.1. The summed E-state index contributed by atoms with van der Waals surface area (Å²) >= 11 is 5.90. The molecule has 0 radical (unpaired) electrons. The van der Waals surface area contributed by atoms with Gasteiger partial charge in [-0.05, 0) is 43.0 Å². The molecule has 3 rings (SSSR count). The first-order valence-corrected chi connectivity index (χ1v) is 7.11. The van der Waals surface area contributed by atoms with E-state index in [-0.39, 0.29) is 17.0 Å². The molecule has 0 N–H and O–H groups in total. The zero-order chi connectivity index (χ0) is 14.8. The minimum Gasteiger partial charge on any atom is -0.421 e. The maximum Gasteiger partial charge on any atom is 0.328 e. The Hall–Kier alpha value is -1.95. The second-order valence-electron chi connectivity index (χ2n) is 4.87. The van der Waals surface area contributed by atoms with Gasteiger partial charge < -0.3 is 9.64 Å². The van der Waals surface area contributed by atoms with Gasteiger partial charge in [0.1, 0.15) is 0 Å². The highest BCUT2D eigenvalue weighted by molar-refractivity contribution is 6.28. The first kappa shape index (κ1) is 14.0. The molecule has 7 heteroatoms. The molecule has 1 aromatic carbocycles. The topological polar surface area (TPSA) is 51.1 Å². The largest absolute Gasteiger partial charge is 0.421 e. The molecule has 1 aromatic heterocycles. The predicted octanol–water partition coefficient (Wildman–Crippen LogP) is 3.37. The van der Waals surface area contributed by atoms with Gasteiger partial charge in [0, 0.05) is 13.1 Å². The zero-order valence-electron chi connectivity index (χ0n) is 11.5. The van der Waals surface area contributed by atoms with E-state index in [1.165, 1.54) is 6.07 Å². The fourth-order valence-electron chi connectivity index (χ4n) is 2.22. The SMILES string of the molecule is Cc1cccc(Oc2nc(Cl)nc(N3CCCC3)n2)c1F.